The summed E-state index contributed by atoms with van der Waals surface area (Å²) >= 11 is 0. The van der Waals surface area contributed by atoms with Crippen LogP contribution in [0, 0.1) is 11.8 Å². The second-order valence-electron chi connectivity index (χ2n) is 4.89. The summed E-state index contributed by atoms with van der Waals surface area (Å²) in [5, 5.41) is 17.2. The van der Waals surface area contributed by atoms with Crippen molar-refractivity contribution in [1.82, 2.24) is 15.2 Å². The van der Waals surface area contributed by atoms with Gasteiger partial charge >= 0.3 is 5.97 Å². The molecule has 1 aromatic carbocycles. The van der Waals surface area contributed by atoms with E-state index in [0.29, 0.717) is 19.0 Å². The number of aliphatic carboxylic acids is 1. The largest absolute Gasteiger partial charge is 0.481 e. The topological polar surface area (TPSA) is 79.2 Å². The highest BCUT2D eigenvalue weighted by molar-refractivity contribution is 5.74. The Morgan fingerprint density at radius 2 is 2.00 bits per heavy atom. The van der Waals surface area contributed by atoms with E-state index in [4.69, 9.17) is 5.11 Å². The van der Waals surface area contributed by atoms with E-state index < -0.39 is 5.97 Å². The summed E-state index contributed by atoms with van der Waals surface area (Å²) in [6.45, 7) is 3.09. The van der Waals surface area contributed by atoms with Gasteiger partial charge in [-0.25, -0.2) is 4.98 Å². The predicted octanol–water partition coefficient (Wildman–Crippen LogP) is 1.18. The Morgan fingerprint density at radius 1 is 1.32 bits per heavy atom. The van der Waals surface area contributed by atoms with Crippen LogP contribution in [-0.4, -0.2) is 39.3 Å². The van der Waals surface area contributed by atoms with Gasteiger partial charge in [-0.2, -0.15) is 0 Å². The third kappa shape index (κ3) is 2.09. The van der Waals surface area contributed by atoms with Gasteiger partial charge in [0.15, 0.2) is 0 Å². The minimum atomic E-state index is -0.748. The molecule has 1 unspecified atom stereocenters. The van der Waals surface area contributed by atoms with E-state index >= 15 is 0 Å². The van der Waals surface area contributed by atoms with Gasteiger partial charge in [-0.1, -0.05) is 19.1 Å². The predicted molar refractivity (Wildman–Crippen MR) is 69.8 cm³/mol. The Kier molecular flexibility index (Phi) is 2.77. The quantitative estimate of drug-likeness (QED) is 0.890. The van der Waals surface area contributed by atoms with E-state index in [9.17, 15) is 4.79 Å². The van der Waals surface area contributed by atoms with Crippen LogP contribution in [0.3, 0.4) is 0 Å². The van der Waals surface area contributed by atoms with Crippen molar-refractivity contribution >= 4 is 23.0 Å². The first-order valence-corrected chi connectivity index (χ1v) is 6.22. The first-order chi connectivity index (χ1) is 9.15. The zero-order valence-electron chi connectivity index (χ0n) is 10.5. The summed E-state index contributed by atoms with van der Waals surface area (Å²) < 4.78 is 0. The molecular formula is C13H14N4O2. The van der Waals surface area contributed by atoms with Crippen molar-refractivity contribution in [3.8, 4) is 0 Å². The summed E-state index contributed by atoms with van der Waals surface area (Å²) in [4.78, 5) is 17.3. The van der Waals surface area contributed by atoms with Crippen LogP contribution >= 0.6 is 0 Å². The van der Waals surface area contributed by atoms with Gasteiger partial charge in [-0.15, -0.1) is 10.2 Å². The fourth-order valence-corrected chi connectivity index (χ4v) is 2.20. The third-order valence-electron chi connectivity index (χ3n) is 3.64. The molecule has 6 nitrogen and oxygen atoms in total. The first-order valence-electron chi connectivity index (χ1n) is 6.22. The summed E-state index contributed by atoms with van der Waals surface area (Å²) in [7, 11) is 0. The van der Waals surface area contributed by atoms with Gasteiger partial charge < -0.3 is 10.0 Å². The molecule has 1 saturated heterocycles. The van der Waals surface area contributed by atoms with Crippen molar-refractivity contribution < 1.29 is 9.90 Å². The number of nitrogens with zero attached hydrogens (tertiary/aromatic N) is 4. The maximum atomic E-state index is 10.9. The molecule has 1 aromatic heterocycles. The maximum Gasteiger partial charge on any atom is 0.306 e. The number of para-hydroxylation sites is 1. The molecule has 1 aliphatic rings. The molecule has 1 N–H and O–H groups in total. The second-order valence-corrected chi connectivity index (χ2v) is 4.89. The molecule has 98 valence electrons. The minimum Gasteiger partial charge on any atom is -0.481 e. The van der Waals surface area contributed by atoms with Crippen molar-refractivity contribution in [2.24, 2.45) is 11.8 Å². The number of hydrogen-bond acceptors (Lipinski definition) is 5. The van der Waals surface area contributed by atoms with E-state index in [-0.39, 0.29) is 11.8 Å². The van der Waals surface area contributed by atoms with Gasteiger partial charge in [0.05, 0.1) is 11.4 Å². The van der Waals surface area contributed by atoms with E-state index in [2.05, 4.69) is 15.2 Å². The molecule has 0 bridgehead atoms. The molecular weight excluding hydrogens is 244 g/mol. The lowest BCUT2D eigenvalue weighted by Crippen LogP contribution is -2.51. The smallest absolute Gasteiger partial charge is 0.306 e. The molecule has 3 rings (SSSR count). The van der Waals surface area contributed by atoms with Crippen LogP contribution in [0.2, 0.25) is 0 Å². The lowest BCUT2D eigenvalue weighted by molar-refractivity contribution is -0.143. The Morgan fingerprint density at radius 3 is 2.68 bits per heavy atom. The molecule has 1 aliphatic heterocycles. The van der Waals surface area contributed by atoms with Crippen molar-refractivity contribution in [2.45, 2.75) is 6.92 Å². The zero-order chi connectivity index (χ0) is 13.4. The lowest BCUT2D eigenvalue weighted by atomic mass is 9.87. The van der Waals surface area contributed by atoms with Gasteiger partial charge in [0, 0.05) is 19.0 Å². The monoisotopic (exact) mass is 258 g/mol. The van der Waals surface area contributed by atoms with E-state index in [1.165, 1.54) is 0 Å². The van der Waals surface area contributed by atoms with Crippen molar-refractivity contribution in [1.29, 1.82) is 0 Å². The molecule has 2 heterocycles. The lowest BCUT2D eigenvalue weighted by Gasteiger charge is -2.40. The number of rotatable bonds is 3. The van der Waals surface area contributed by atoms with Crippen LogP contribution in [0.1, 0.15) is 6.92 Å². The normalized spacial score (nSPS) is 17.2. The zero-order valence-corrected chi connectivity index (χ0v) is 10.5. The number of carbonyl (C=O) groups is 1. The fourth-order valence-electron chi connectivity index (χ4n) is 2.20. The van der Waals surface area contributed by atoms with Gasteiger partial charge in [-0.3, -0.25) is 4.79 Å². The Hall–Kier alpha value is -2.24. The Balaban J connectivity index is 1.75. The summed E-state index contributed by atoms with van der Waals surface area (Å²) in [5.74, 6) is -0.341. The second kappa shape index (κ2) is 4.46. The van der Waals surface area contributed by atoms with Crippen LogP contribution in [0.4, 0.5) is 5.95 Å². The first kappa shape index (κ1) is 11.8. The van der Waals surface area contributed by atoms with Crippen LogP contribution < -0.4 is 4.90 Å². The average molecular weight is 258 g/mol. The Bertz CT molecular complexity index is 625. The van der Waals surface area contributed by atoms with Crippen LogP contribution in [0.5, 0.6) is 0 Å². The van der Waals surface area contributed by atoms with Crippen molar-refractivity contribution in [2.75, 3.05) is 18.0 Å². The number of carboxylic acid groups (broad SMARTS) is 1. The minimum absolute atomic E-state index is 0.160. The van der Waals surface area contributed by atoms with E-state index in [0.717, 1.165) is 11.0 Å². The molecule has 6 heteroatoms. The van der Waals surface area contributed by atoms with Gasteiger partial charge in [-0.05, 0) is 12.1 Å². The SMILES string of the molecule is CC(C(=O)O)C1CN(c2nnc3ccccc3n2)C1. The van der Waals surface area contributed by atoms with Crippen molar-refractivity contribution in [3.63, 3.8) is 0 Å². The molecule has 2 aromatic rings. The van der Waals surface area contributed by atoms with Crippen molar-refractivity contribution in [3.05, 3.63) is 24.3 Å². The summed E-state index contributed by atoms with van der Waals surface area (Å²) in [6, 6.07) is 7.56. The molecule has 19 heavy (non-hydrogen) atoms. The van der Waals surface area contributed by atoms with Crippen LogP contribution in [0.15, 0.2) is 24.3 Å². The fraction of sp³-hybridized carbons (Fsp3) is 0.385. The van der Waals surface area contributed by atoms with Gasteiger partial charge in [0.1, 0.15) is 5.52 Å². The highest BCUT2D eigenvalue weighted by atomic mass is 16.4. The molecule has 1 fully saturated rings. The number of fused-ring (bicyclic) bond motifs is 1. The summed E-state index contributed by atoms with van der Waals surface area (Å²) in [5.41, 5.74) is 1.57. The third-order valence-corrected chi connectivity index (χ3v) is 3.64. The molecule has 0 spiro atoms. The summed E-state index contributed by atoms with van der Waals surface area (Å²) in [6.07, 6.45) is 0. The highest BCUT2D eigenvalue weighted by Gasteiger charge is 2.36. The van der Waals surface area contributed by atoms with E-state index in [1.54, 1.807) is 6.92 Å². The number of aromatic nitrogens is 3. The molecule has 1 atom stereocenters. The number of anilines is 1. The molecule has 0 aliphatic carbocycles. The number of benzene rings is 1. The molecule has 0 saturated carbocycles. The van der Waals surface area contributed by atoms with Gasteiger partial charge in [0.2, 0.25) is 5.95 Å². The average Bonchev–Trinajstić information content (AvgIpc) is 2.36. The standard InChI is InChI=1S/C13H14N4O2/c1-8(12(18)19)9-6-17(7-9)13-14-10-4-2-3-5-11(10)15-16-13/h2-5,8-9H,6-7H2,1H3,(H,18,19). The molecule has 0 radical (unpaired) electrons. The number of carboxylic acids is 1. The number of hydrogen-bond donors (Lipinski definition) is 1. The van der Waals surface area contributed by atoms with Crippen LogP contribution in [-0.2, 0) is 4.79 Å². The van der Waals surface area contributed by atoms with E-state index in [1.807, 2.05) is 29.2 Å². The highest BCUT2D eigenvalue weighted by Crippen LogP contribution is 2.27. The molecule has 0 amide bonds. The van der Waals surface area contributed by atoms with Gasteiger partial charge in [0.25, 0.3) is 0 Å². The Labute approximate surface area is 110 Å². The maximum absolute atomic E-state index is 10.9. The van der Waals surface area contributed by atoms with Crippen LogP contribution in [0.25, 0.3) is 11.0 Å².